The summed E-state index contributed by atoms with van der Waals surface area (Å²) in [4.78, 5) is 35.0. The summed E-state index contributed by atoms with van der Waals surface area (Å²) >= 11 is 0. The third-order valence-corrected chi connectivity index (χ3v) is 3.47. The number of hydrogen-bond donors (Lipinski definition) is 2. The Hall–Kier alpha value is -3.55. The van der Waals surface area contributed by atoms with Crippen LogP contribution in [-0.4, -0.2) is 37.6 Å². The van der Waals surface area contributed by atoms with Crippen LogP contribution < -0.4 is 20.3 Å². The Morgan fingerprint density at radius 3 is 1.71 bits per heavy atom. The fourth-order valence-corrected chi connectivity index (χ4v) is 2.05. The molecule has 2 amide bonds. The number of amides is 2. The molecule has 148 valence electrons. The van der Waals surface area contributed by atoms with Crippen LogP contribution >= 0.6 is 0 Å². The SMILES string of the molecule is CCOC(=O)c1ccc(OCC(=O)NNC(=O)COc2ccc(C)cc2)cc1. The van der Waals surface area contributed by atoms with Gasteiger partial charge in [-0.25, -0.2) is 4.79 Å². The minimum absolute atomic E-state index is 0.237. The summed E-state index contributed by atoms with van der Waals surface area (Å²) in [5.41, 5.74) is 5.93. The molecular weight excluding hydrogens is 364 g/mol. The van der Waals surface area contributed by atoms with Crippen LogP contribution in [0.25, 0.3) is 0 Å². The largest absolute Gasteiger partial charge is 0.484 e. The van der Waals surface area contributed by atoms with Crippen molar-refractivity contribution in [2.24, 2.45) is 0 Å². The Labute approximate surface area is 162 Å². The average Bonchev–Trinajstić information content (AvgIpc) is 2.71. The lowest BCUT2D eigenvalue weighted by Crippen LogP contribution is -2.45. The van der Waals surface area contributed by atoms with E-state index in [0.717, 1.165) is 5.56 Å². The van der Waals surface area contributed by atoms with Gasteiger partial charge in [0.25, 0.3) is 11.8 Å². The number of esters is 1. The molecule has 0 fully saturated rings. The Balaban J connectivity index is 1.67. The first kappa shape index (κ1) is 20.8. The monoisotopic (exact) mass is 386 g/mol. The van der Waals surface area contributed by atoms with Crippen LogP contribution in [0.15, 0.2) is 48.5 Å². The lowest BCUT2D eigenvalue weighted by molar-refractivity contribution is -0.131. The van der Waals surface area contributed by atoms with E-state index in [1.165, 1.54) is 12.1 Å². The number of benzene rings is 2. The van der Waals surface area contributed by atoms with E-state index < -0.39 is 17.8 Å². The van der Waals surface area contributed by atoms with Crippen LogP contribution in [-0.2, 0) is 14.3 Å². The smallest absolute Gasteiger partial charge is 0.338 e. The van der Waals surface area contributed by atoms with Gasteiger partial charge < -0.3 is 14.2 Å². The molecule has 0 aliphatic heterocycles. The first-order valence-corrected chi connectivity index (χ1v) is 8.65. The van der Waals surface area contributed by atoms with Crippen molar-refractivity contribution in [3.05, 3.63) is 59.7 Å². The van der Waals surface area contributed by atoms with Crippen LogP contribution in [0.4, 0.5) is 0 Å². The van der Waals surface area contributed by atoms with Gasteiger partial charge in [-0.3, -0.25) is 20.4 Å². The van der Waals surface area contributed by atoms with Gasteiger partial charge in [0, 0.05) is 0 Å². The number of ether oxygens (including phenoxy) is 3. The minimum atomic E-state index is -0.543. The maximum atomic E-state index is 11.7. The van der Waals surface area contributed by atoms with Crippen LogP contribution in [0.3, 0.4) is 0 Å². The molecule has 0 unspecified atom stereocenters. The van der Waals surface area contributed by atoms with Gasteiger partial charge in [-0.15, -0.1) is 0 Å². The molecule has 8 nitrogen and oxygen atoms in total. The Kier molecular flexibility index (Phi) is 7.83. The summed E-state index contributed by atoms with van der Waals surface area (Å²) in [5, 5.41) is 0. The van der Waals surface area contributed by atoms with Crippen molar-refractivity contribution in [1.29, 1.82) is 0 Å². The van der Waals surface area contributed by atoms with E-state index in [9.17, 15) is 14.4 Å². The Morgan fingerprint density at radius 2 is 1.25 bits per heavy atom. The highest BCUT2D eigenvalue weighted by Gasteiger charge is 2.08. The molecule has 28 heavy (non-hydrogen) atoms. The highest BCUT2D eigenvalue weighted by Crippen LogP contribution is 2.13. The van der Waals surface area contributed by atoms with Gasteiger partial charge >= 0.3 is 5.97 Å². The summed E-state index contributed by atoms with van der Waals surface area (Å²) in [5.74, 6) is -0.521. The number of hydrazine groups is 1. The van der Waals surface area contributed by atoms with Crippen LogP contribution in [0.1, 0.15) is 22.8 Å². The van der Waals surface area contributed by atoms with E-state index >= 15 is 0 Å². The van der Waals surface area contributed by atoms with Crippen molar-refractivity contribution in [3.63, 3.8) is 0 Å². The molecule has 0 saturated heterocycles. The second-order valence-electron chi connectivity index (χ2n) is 5.73. The summed E-state index contributed by atoms with van der Waals surface area (Å²) in [7, 11) is 0. The van der Waals surface area contributed by atoms with Crippen LogP contribution in [0.2, 0.25) is 0 Å². The van der Waals surface area contributed by atoms with E-state index in [2.05, 4.69) is 10.9 Å². The first-order chi connectivity index (χ1) is 13.5. The fourth-order valence-electron chi connectivity index (χ4n) is 2.05. The lowest BCUT2D eigenvalue weighted by Gasteiger charge is -2.10. The van der Waals surface area contributed by atoms with Crippen molar-refractivity contribution in [2.75, 3.05) is 19.8 Å². The normalized spacial score (nSPS) is 9.93. The van der Waals surface area contributed by atoms with Crippen molar-refractivity contribution < 1.29 is 28.6 Å². The number of aryl methyl sites for hydroxylation is 1. The maximum absolute atomic E-state index is 11.7. The van der Waals surface area contributed by atoms with E-state index in [0.29, 0.717) is 23.7 Å². The predicted molar refractivity (Wildman–Crippen MR) is 101 cm³/mol. The van der Waals surface area contributed by atoms with Crippen LogP contribution in [0, 0.1) is 6.92 Å². The van der Waals surface area contributed by atoms with E-state index in [1.54, 1.807) is 31.2 Å². The number of nitrogens with one attached hydrogen (secondary N) is 2. The molecule has 2 aromatic rings. The molecular formula is C20H22N2O6. The molecule has 0 bridgehead atoms. The van der Waals surface area contributed by atoms with Gasteiger partial charge in [-0.05, 0) is 50.2 Å². The van der Waals surface area contributed by atoms with Crippen molar-refractivity contribution in [1.82, 2.24) is 10.9 Å². The molecule has 8 heteroatoms. The number of carbonyl (C=O) groups is 3. The zero-order valence-corrected chi connectivity index (χ0v) is 15.7. The number of hydrogen-bond acceptors (Lipinski definition) is 6. The fraction of sp³-hybridized carbons (Fsp3) is 0.250. The summed E-state index contributed by atoms with van der Waals surface area (Å²) < 4.78 is 15.5. The molecule has 0 saturated carbocycles. The van der Waals surface area contributed by atoms with Crippen molar-refractivity contribution >= 4 is 17.8 Å². The van der Waals surface area contributed by atoms with E-state index in [-0.39, 0.29) is 13.2 Å². The van der Waals surface area contributed by atoms with Gasteiger partial charge in [0.1, 0.15) is 11.5 Å². The zero-order valence-electron chi connectivity index (χ0n) is 15.7. The molecule has 0 aromatic heterocycles. The van der Waals surface area contributed by atoms with Crippen LogP contribution in [0.5, 0.6) is 11.5 Å². The van der Waals surface area contributed by atoms with Gasteiger partial charge in [0.15, 0.2) is 13.2 Å². The molecule has 0 spiro atoms. The number of rotatable bonds is 8. The molecule has 0 heterocycles. The van der Waals surface area contributed by atoms with E-state index in [4.69, 9.17) is 14.2 Å². The molecule has 2 aromatic carbocycles. The maximum Gasteiger partial charge on any atom is 0.338 e. The molecule has 2 N–H and O–H groups in total. The van der Waals surface area contributed by atoms with E-state index in [1.807, 2.05) is 19.1 Å². The molecule has 2 rings (SSSR count). The highest BCUT2D eigenvalue weighted by atomic mass is 16.5. The van der Waals surface area contributed by atoms with Gasteiger partial charge in [0.2, 0.25) is 0 Å². The Morgan fingerprint density at radius 1 is 0.786 bits per heavy atom. The second-order valence-corrected chi connectivity index (χ2v) is 5.73. The molecule has 0 aliphatic carbocycles. The highest BCUT2D eigenvalue weighted by molar-refractivity contribution is 5.89. The third-order valence-electron chi connectivity index (χ3n) is 3.47. The molecule has 0 atom stereocenters. The van der Waals surface area contributed by atoms with Crippen molar-refractivity contribution in [3.8, 4) is 11.5 Å². The predicted octanol–water partition coefficient (Wildman–Crippen LogP) is 1.78. The lowest BCUT2D eigenvalue weighted by atomic mass is 10.2. The molecule has 0 radical (unpaired) electrons. The summed E-state index contributed by atoms with van der Waals surface area (Å²) in [6.07, 6.45) is 0. The average molecular weight is 386 g/mol. The second kappa shape index (κ2) is 10.6. The summed E-state index contributed by atoms with van der Waals surface area (Å²) in [6.45, 7) is 3.42. The third kappa shape index (κ3) is 6.99. The standard InChI is InChI=1S/C20H22N2O6/c1-3-26-20(25)15-6-10-17(11-7-15)28-13-19(24)22-21-18(23)12-27-16-8-4-14(2)5-9-16/h4-11H,3,12-13H2,1-2H3,(H,21,23)(H,22,24). The zero-order chi connectivity index (χ0) is 20.4. The van der Waals surface area contributed by atoms with Crippen molar-refractivity contribution in [2.45, 2.75) is 13.8 Å². The quantitative estimate of drug-likeness (QED) is 0.530. The van der Waals surface area contributed by atoms with Gasteiger partial charge in [-0.1, -0.05) is 17.7 Å². The minimum Gasteiger partial charge on any atom is -0.484 e. The van der Waals surface area contributed by atoms with Gasteiger partial charge in [-0.2, -0.15) is 0 Å². The number of carbonyl (C=O) groups excluding carboxylic acids is 3. The summed E-state index contributed by atoms with van der Waals surface area (Å²) in [6, 6.07) is 13.4. The first-order valence-electron chi connectivity index (χ1n) is 8.65. The van der Waals surface area contributed by atoms with Gasteiger partial charge in [0.05, 0.1) is 12.2 Å². The topological polar surface area (TPSA) is 103 Å². The molecule has 0 aliphatic rings. The Bertz CT molecular complexity index is 802.